The van der Waals surface area contributed by atoms with Crippen molar-refractivity contribution in [2.45, 2.75) is 65.1 Å². The first-order valence-corrected chi connectivity index (χ1v) is 7.92. The van der Waals surface area contributed by atoms with Gasteiger partial charge in [-0.1, -0.05) is 39.8 Å². The van der Waals surface area contributed by atoms with Gasteiger partial charge in [0.25, 0.3) is 0 Å². The zero-order valence-corrected chi connectivity index (χ0v) is 13.2. The van der Waals surface area contributed by atoms with E-state index in [2.05, 4.69) is 39.8 Å². The minimum atomic E-state index is -0.326. The second-order valence-electron chi connectivity index (χ2n) is 6.77. The monoisotopic (exact) mass is 276 g/mol. The van der Waals surface area contributed by atoms with Crippen molar-refractivity contribution in [3.05, 3.63) is 29.8 Å². The fourth-order valence-electron chi connectivity index (χ4n) is 3.00. The Hall–Kier alpha value is -1.02. The summed E-state index contributed by atoms with van der Waals surface area (Å²) in [5.41, 5.74) is 1.29. The van der Waals surface area contributed by atoms with Crippen molar-refractivity contribution < 1.29 is 9.84 Å². The SMILES string of the molecule is CC(C)c1cccc(OC2CC(C(C)C)CCC2O)c1. The molecule has 2 heteroatoms. The van der Waals surface area contributed by atoms with Gasteiger partial charge in [-0.3, -0.25) is 0 Å². The highest BCUT2D eigenvalue weighted by Crippen LogP contribution is 2.33. The molecular formula is C18H28O2. The van der Waals surface area contributed by atoms with E-state index < -0.39 is 0 Å². The summed E-state index contributed by atoms with van der Waals surface area (Å²) in [6, 6.07) is 8.28. The fraction of sp³-hybridized carbons (Fsp3) is 0.667. The molecule has 112 valence electrons. The summed E-state index contributed by atoms with van der Waals surface area (Å²) >= 11 is 0. The number of ether oxygens (including phenoxy) is 1. The third kappa shape index (κ3) is 3.76. The van der Waals surface area contributed by atoms with Gasteiger partial charge < -0.3 is 9.84 Å². The van der Waals surface area contributed by atoms with E-state index in [4.69, 9.17) is 4.74 Å². The van der Waals surface area contributed by atoms with Crippen LogP contribution in [0, 0.1) is 11.8 Å². The lowest BCUT2D eigenvalue weighted by Crippen LogP contribution is -2.39. The normalized spacial score (nSPS) is 27.1. The van der Waals surface area contributed by atoms with E-state index in [0.29, 0.717) is 17.8 Å². The van der Waals surface area contributed by atoms with Gasteiger partial charge in [0, 0.05) is 0 Å². The van der Waals surface area contributed by atoms with Crippen molar-refractivity contribution in [2.75, 3.05) is 0 Å². The summed E-state index contributed by atoms with van der Waals surface area (Å²) in [4.78, 5) is 0. The third-order valence-electron chi connectivity index (χ3n) is 4.55. The Morgan fingerprint density at radius 2 is 1.90 bits per heavy atom. The van der Waals surface area contributed by atoms with Gasteiger partial charge in [-0.15, -0.1) is 0 Å². The Labute approximate surface area is 123 Å². The Balaban J connectivity index is 2.05. The first-order chi connectivity index (χ1) is 9.47. The van der Waals surface area contributed by atoms with Crippen LogP contribution in [0.4, 0.5) is 0 Å². The number of aliphatic hydroxyl groups is 1. The van der Waals surface area contributed by atoms with E-state index in [0.717, 1.165) is 25.0 Å². The molecule has 1 aromatic rings. The molecule has 1 aliphatic carbocycles. The van der Waals surface area contributed by atoms with Crippen molar-refractivity contribution in [1.29, 1.82) is 0 Å². The summed E-state index contributed by atoms with van der Waals surface area (Å²) in [5.74, 6) is 2.72. The topological polar surface area (TPSA) is 29.5 Å². The molecule has 3 unspecified atom stereocenters. The van der Waals surface area contributed by atoms with Crippen LogP contribution < -0.4 is 4.74 Å². The maximum atomic E-state index is 10.2. The van der Waals surface area contributed by atoms with Crippen LogP contribution in [0.2, 0.25) is 0 Å². The first-order valence-electron chi connectivity index (χ1n) is 7.92. The number of aliphatic hydroxyl groups excluding tert-OH is 1. The van der Waals surface area contributed by atoms with Gasteiger partial charge in [-0.05, 0) is 54.7 Å². The molecule has 0 bridgehead atoms. The van der Waals surface area contributed by atoms with Crippen LogP contribution in [-0.4, -0.2) is 17.3 Å². The van der Waals surface area contributed by atoms with E-state index in [1.54, 1.807) is 0 Å². The molecule has 1 N–H and O–H groups in total. The smallest absolute Gasteiger partial charge is 0.125 e. The van der Waals surface area contributed by atoms with Crippen molar-refractivity contribution in [3.63, 3.8) is 0 Å². The van der Waals surface area contributed by atoms with Crippen LogP contribution in [0.5, 0.6) is 5.75 Å². The molecular weight excluding hydrogens is 248 g/mol. The third-order valence-corrected chi connectivity index (χ3v) is 4.55. The minimum absolute atomic E-state index is 0.0569. The molecule has 0 saturated heterocycles. The fourth-order valence-corrected chi connectivity index (χ4v) is 3.00. The number of hydrogen-bond donors (Lipinski definition) is 1. The average molecular weight is 276 g/mol. The van der Waals surface area contributed by atoms with Gasteiger partial charge in [-0.2, -0.15) is 0 Å². The Morgan fingerprint density at radius 1 is 1.15 bits per heavy atom. The maximum absolute atomic E-state index is 10.2. The van der Waals surface area contributed by atoms with E-state index in [9.17, 15) is 5.11 Å². The van der Waals surface area contributed by atoms with Gasteiger partial charge in [0.2, 0.25) is 0 Å². The lowest BCUT2D eigenvalue weighted by molar-refractivity contribution is -0.0177. The van der Waals surface area contributed by atoms with Crippen molar-refractivity contribution in [1.82, 2.24) is 0 Å². The molecule has 0 aromatic heterocycles. The maximum Gasteiger partial charge on any atom is 0.125 e. The predicted octanol–water partition coefficient (Wildman–Crippen LogP) is 4.37. The molecule has 2 rings (SSSR count). The highest BCUT2D eigenvalue weighted by Gasteiger charge is 2.32. The first kappa shape index (κ1) is 15.4. The zero-order valence-electron chi connectivity index (χ0n) is 13.2. The van der Waals surface area contributed by atoms with E-state index in [1.165, 1.54) is 5.56 Å². The van der Waals surface area contributed by atoms with Gasteiger partial charge in [0.15, 0.2) is 0 Å². The molecule has 1 fully saturated rings. The minimum Gasteiger partial charge on any atom is -0.488 e. The zero-order chi connectivity index (χ0) is 14.7. The van der Waals surface area contributed by atoms with Crippen LogP contribution in [0.15, 0.2) is 24.3 Å². The van der Waals surface area contributed by atoms with Crippen molar-refractivity contribution in [3.8, 4) is 5.75 Å². The molecule has 1 aliphatic rings. The standard InChI is InChI=1S/C18H28O2/c1-12(2)14-6-5-7-16(10-14)20-18-11-15(13(3)4)8-9-17(18)19/h5-7,10,12-13,15,17-19H,8-9,11H2,1-4H3. The molecule has 2 nitrogen and oxygen atoms in total. The average Bonchev–Trinajstić information content (AvgIpc) is 2.41. The number of rotatable bonds is 4. The molecule has 0 heterocycles. The summed E-state index contributed by atoms with van der Waals surface area (Å²) in [7, 11) is 0. The Bertz CT molecular complexity index is 425. The molecule has 3 atom stereocenters. The Morgan fingerprint density at radius 3 is 2.55 bits per heavy atom. The lowest BCUT2D eigenvalue weighted by Gasteiger charge is -2.35. The second-order valence-corrected chi connectivity index (χ2v) is 6.77. The van der Waals surface area contributed by atoms with Gasteiger partial charge in [0.05, 0.1) is 6.10 Å². The summed E-state index contributed by atoms with van der Waals surface area (Å²) in [6.07, 6.45) is 2.55. The van der Waals surface area contributed by atoms with Gasteiger partial charge in [0.1, 0.15) is 11.9 Å². The van der Waals surface area contributed by atoms with Crippen LogP contribution in [0.1, 0.15) is 58.4 Å². The molecule has 0 radical (unpaired) electrons. The number of hydrogen-bond acceptors (Lipinski definition) is 2. The quantitative estimate of drug-likeness (QED) is 0.884. The highest BCUT2D eigenvalue weighted by atomic mass is 16.5. The van der Waals surface area contributed by atoms with Gasteiger partial charge in [-0.25, -0.2) is 0 Å². The molecule has 0 amide bonds. The van der Waals surface area contributed by atoms with Crippen molar-refractivity contribution in [2.24, 2.45) is 11.8 Å². The van der Waals surface area contributed by atoms with Crippen LogP contribution in [0.25, 0.3) is 0 Å². The van der Waals surface area contributed by atoms with Crippen LogP contribution in [0.3, 0.4) is 0 Å². The number of benzene rings is 1. The second kappa shape index (κ2) is 6.62. The molecule has 0 spiro atoms. The molecule has 20 heavy (non-hydrogen) atoms. The van der Waals surface area contributed by atoms with Crippen molar-refractivity contribution >= 4 is 0 Å². The van der Waals surface area contributed by atoms with E-state index >= 15 is 0 Å². The molecule has 1 saturated carbocycles. The molecule has 0 aliphatic heterocycles. The van der Waals surface area contributed by atoms with Crippen LogP contribution >= 0.6 is 0 Å². The summed E-state index contributed by atoms with van der Waals surface area (Å²) in [6.45, 7) is 8.89. The summed E-state index contributed by atoms with van der Waals surface area (Å²) in [5, 5.41) is 10.2. The summed E-state index contributed by atoms with van der Waals surface area (Å²) < 4.78 is 6.09. The van der Waals surface area contributed by atoms with Gasteiger partial charge >= 0.3 is 0 Å². The predicted molar refractivity (Wildman–Crippen MR) is 83.1 cm³/mol. The highest BCUT2D eigenvalue weighted by molar-refractivity contribution is 5.30. The lowest BCUT2D eigenvalue weighted by atomic mass is 9.79. The molecule has 1 aromatic carbocycles. The van der Waals surface area contributed by atoms with Crippen LogP contribution in [-0.2, 0) is 0 Å². The van der Waals surface area contributed by atoms with E-state index in [1.807, 2.05) is 12.1 Å². The van der Waals surface area contributed by atoms with E-state index in [-0.39, 0.29) is 12.2 Å². The largest absolute Gasteiger partial charge is 0.488 e. The Kier molecular flexibility index (Phi) is 5.09.